The molecular weight excluding hydrogens is 774 g/mol. The lowest BCUT2D eigenvalue weighted by Gasteiger charge is -2.26. The molecular formula is C48H45F3N2O7. The lowest BCUT2D eigenvalue weighted by molar-refractivity contribution is -0.144. The van der Waals surface area contributed by atoms with Crippen LogP contribution < -0.4 is 15.4 Å². The molecule has 310 valence electrons. The van der Waals surface area contributed by atoms with Crippen LogP contribution in [-0.2, 0) is 55.8 Å². The number of halogens is 3. The number of hydrogen-bond donors (Lipinski definition) is 3. The fraction of sp³-hybridized carbons (Fsp3) is 0.271. The SMILES string of the molecule is O=C1COc2ccc(cc2)C[C@@H](C(=O)O)CC(=O)[C@H](CCc2ccccc2)NC(=O)[C@@H](Cc2ccc(-c3ccccc3)cc2)NC(=O)[C@H](Cc2cccc(C(F)(F)F)c2)C1. The molecule has 0 unspecified atom stereocenters. The first-order valence-electron chi connectivity index (χ1n) is 19.7. The summed E-state index contributed by atoms with van der Waals surface area (Å²) < 4.78 is 46.8. The average Bonchev–Trinajstić information content (AvgIpc) is 3.24. The largest absolute Gasteiger partial charge is 0.486 e. The summed E-state index contributed by atoms with van der Waals surface area (Å²) in [5.74, 6) is -5.74. The molecule has 0 saturated carbocycles. The van der Waals surface area contributed by atoms with Gasteiger partial charge in [0.25, 0.3) is 0 Å². The van der Waals surface area contributed by atoms with Crippen LogP contribution in [-0.4, -0.2) is 53.1 Å². The van der Waals surface area contributed by atoms with Crippen LogP contribution in [0.3, 0.4) is 0 Å². The van der Waals surface area contributed by atoms with Crippen LogP contribution in [0.25, 0.3) is 11.1 Å². The molecule has 3 N–H and O–H groups in total. The molecule has 4 atom stereocenters. The zero-order valence-corrected chi connectivity index (χ0v) is 32.7. The number of benzene rings is 5. The number of carboxylic acid groups (broad SMARTS) is 1. The fourth-order valence-corrected chi connectivity index (χ4v) is 7.29. The van der Waals surface area contributed by atoms with E-state index in [9.17, 15) is 42.3 Å². The van der Waals surface area contributed by atoms with Gasteiger partial charge in [0.2, 0.25) is 11.8 Å². The van der Waals surface area contributed by atoms with Crippen LogP contribution in [0, 0.1) is 11.8 Å². The number of ether oxygens (including phenoxy) is 1. The van der Waals surface area contributed by atoms with Gasteiger partial charge in [0.15, 0.2) is 11.6 Å². The maximum atomic E-state index is 14.4. The number of carbonyl (C=O) groups excluding carboxylic acids is 4. The molecule has 0 radical (unpaired) electrons. The Bertz CT molecular complexity index is 2260. The first-order chi connectivity index (χ1) is 28.8. The van der Waals surface area contributed by atoms with Crippen LogP contribution in [0.2, 0.25) is 0 Å². The molecule has 9 nitrogen and oxygen atoms in total. The van der Waals surface area contributed by atoms with Gasteiger partial charge in [-0.3, -0.25) is 24.0 Å². The van der Waals surface area contributed by atoms with Gasteiger partial charge in [-0.1, -0.05) is 115 Å². The molecule has 5 aromatic carbocycles. The molecule has 0 aliphatic carbocycles. The number of Topliss-reactive ketones (excluding diaryl/α,β-unsaturated/α-hetero) is 2. The van der Waals surface area contributed by atoms with Crippen molar-refractivity contribution in [1.29, 1.82) is 0 Å². The van der Waals surface area contributed by atoms with Gasteiger partial charge in [-0.15, -0.1) is 0 Å². The summed E-state index contributed by atoms with van der Waals surface area (Å²) in [6.07, 6.45) is -5.25. The molecule has 0 aromatic heterocycles. The van der Waals surface area contributed by atoms with Crippen molar-refractivity contribution >= 4 is 29.4 Å². The number of amides is 2. The number of rotatable bonds is 9. The van der Waals surface area contributed by atoms with Crippen molar-refractivity contribution in [1.82, 2.24) is 10.6 Å². The average molecular weight is 819 g/mol. The Morgan fingerprint density at radius 1 is 0.650 bits per heavy atom. The van der Waals surface area contributed by atoms with Crippen molar-refractivity contribution in [2.75, 3.05) is 6.61 Å². The molecule has 2 amide bonds. The maximum Gasteiger partial charge on any atom is 0.416 e. The highest BCUT2D eigenvalue weighted by Gasteiger charge is 2.34. The molecule has 2 aliphatic rings. The number of aliphatic carboxylic acids is 1. The number of fused-ring (bicyclic) bond motifs is 16. The summed E-state index contributed by atoms with van der Waals surface area (Å²) in [7, 11) is 0. The van der Waals surface area contributed by atoms with Crippen molar-refractivity contribution in [2.24, 2.45) is 11.8 Å². The number of ketones is 2. The highest BCUT2D eigenvalue weighted by atomic mass is 19.4. The van der Waals surface area contributed by atoms with Crippen LogP contribution in [0.5, 0.6) is 5.75 Å². The molecule has 2 bridgehead atoms. The van der Waals surface area contributed by atoms with Crippen LogP contribution in [0.4, 0.5) is 13.2 Å². The Morgan fingerprint density at radius 3 is 1.95 bits per heavy atom. The van der Waals surface area contributed by atoms with Gasteiger partial charge >= 0.3 is 12.1 Å². The Labute approximate surface area is 346 Å². The second-order valence-electron chi connectivity index (χ2n) is 15.1. The number of carbonyl (C=O) groups is 5. The van der Waals surface area contributed by atoms with E-state index >= 15 is 0 Å². The number of hydrogen-bond acceptors (Lipinski definition) is 6. The minimum absolute atomic E-state index is 0.00845. The Hall–Kier alpha value is -6.56. The zero-order chi connectivity index (χ0) is 42.6. The molecule has 12 heteroatoms. The first-order valence-corrected chi connectivity index (χ1v) is 19.7. The van der Waals surface area contributed by atoms with Crippen molar-refractivity contribution in [2.45, 2.75) is 63.2 Å². The van der Waals surface area contributed by atoms with E-state index in [0.29, 0.717) is 23.3 Å². The van der Waals surface area contributed by atoms with Gasteiger partial charge in [0, 0.05) is 25.2 Å². The van der Waals surface area contributed by atoms with Crippen LogP contribution >= 0.6 is 0 Å². The van der Waals surface area contributed by atoms with Gasteiger partial charge in [0.05, 0.1) is 17.5 Å². The quantitative estimate of drug-likeness (QED) is 0.139. The third kappa shape index (κ3) is 12.2. The summed E-state index contributed by atoms with van der Waals surface area (Å²) in [5.41, 5.74) is 3.25. The number of alkyl halides is 3. The van der Waals surface area contributed by atoms with Crippen molar-refractivity contribution < 1.29 is 47.0 Å². The highest BCUT2D eigenvalue weighted by Crippen LogP contribution is 2.30. The lowest BCUT2D eigenvalue weighted by atomic mass is 9.90. The topological polar surface area (TPSA) is 139 Å². The zero-order valence-electron chi connectivity index (χ0n) is 32.7. The summed E-state index contributed by atoms with van der Waals surface area (Å²) in [6.45, 7) is -0.460. The number of nitrogens with one attached hydrogen (secondary N) is 2. The van der Waals surface area contributed by atoms with Crippen LogP contribution in [0.15, 0.2) is 133 Å². The second-order valence-corrected chi connectivity index (χ2v) is 15.1. The first kappa shape index (κ1) is 43.0. The molecule has 0 fully saturated rings. The lowest BCUT2D eigenvalue weighted by Crippen LogP contribution is -2.54. The van der Waals surface area contributed by atoms with E-state index in [1.54, 1.807) is 36.4 Å². The molecule has 5 aromatic rings. The molecule has 0 spiro atoms. The number of aryl methyl sites for hydroxylation is 1. The van der Waals surface area contributed by atoms with Crippen molar-refractivity contribution in [3.63, 3.8) is 0 Å². The van der Waals surface area contributed by atoms with Gasteiger partial charge in [-0.2, -0.15) is 13.2 Å². The van der Waals surface area contributed by atoms with E-state index in [2.05, 4.69) is 10.6 Å². The maximum absolute atomic E-state index is 14.4. The summed E-state index contributed by atoms with van der Waals surface area (Å²) >= 11 is 0. The fourth-order valence-electron chi connectivity index (χ4n) is 7.29. The van der Waals surface area contributed by atoms with Gasteiger partial charge in [0.1, 0.15) is 18.4 Å². The Balaban J connectivity index is 1.35. The molecule has 7 rings (SSSR count). The predicted molar refractivity (Wildman–Crippen MR) is 219 cm³/mol. The Kier molecular flexibility index (Phi) is 14.3. The van der Waals surface area contributed by atoms with Crippen molar-refractivity contribution in [3.8, 4) is 16.9 Å². The van der Waals surface area contributed by atoms with Gasteiger partial charge in [-0.05, 0) is 77.3 Å². The molecule has 60 heavy (non-hydrogen) atoms. The standard InChI is InChI=1S/C48H45F3N2O7/c49-48(50,51)39-13-7-10-34(26-39)25-37-28-40(54)30-60-41-21-16-32(17-22-41)24-38(47(58)59)29-44(55)42(23-18-31-8-3-1-4-9-31)52-46(57)43(53-45(37)56)27-33-14-19-36(20-15-33)35-11-5-2-6-12-35/h1-17,19-22,26,37-38,42-43H,18,23-25,27-30H2,(H,52,57)(H,53,56)(H,58,59)/t37-,38-,42+,43-/m1/s1. The van der Waals surface area contributed by atoms with E-state index in [-0.39, 0.29) is 31.2 Å². The van der Waals surface area contributed by atoms with Gasteiger partial charge < -0.3 is 20.5 Å². The smallest absolute Gasteiger partial charge is 0.416 e. The third-order valence-corrected chi connectivity index (χ3v) is 10.6. The predicted octanol–water partition coefficient (Wildman–Crippen LogP) is 7.63. The monoisotopic (exact) mass is 818 g/mol. The van der Waals surface area contributed by atoms with E-state index < -0.39 is 84.5 Å². The van der Waals surface area contributed by atoms with E-state index in [4.69, 9.17) is 4.74 Å². The summed E-state index contributed by atoms with van der Waals surface area (Å²) in [4.78, 5) is 68.7. The third-order valence-electron chi connectivity index (χ3n) is 10.6. The van der Waals surface area contributed by atoms with E-state index in [1.807, 2.05) is 72.8 Å². The molecule has 2 heterocycles. The highest BCUT2D eigenvalue weighted by molar-refractivity contribution is 5.95. The van der Waals surface area contributed by atoms with Crippen molar-refractivity contribution in [3.05, 3.63) is 161 Å². The summed E-state index contributed by atoms with van der Waals surface area (Å²) in [5, 5.41) is 15.8. The second kappa shape index (κ2) is 19.9. The Morgan fingerprint density at radius 2 is 1.28 bits per heavy atom. The molecule has 2 aliphatic heterocycles. The van der Waals surface area contributed by atoms with Crippen LogP contribution in [0.1, 0.15) is 47.1 Å². The van der Waals surface area contributed by atoms with E-state index in [1.165, 1.54) is 12.1 Å². The normalized spacial score (nSPS) is 19.6. The molecule has 0 saturated heterocycles. The van der Waals surface area contributed by atoms with Gasteiger partial charge in [-0.25, -0.2) is 0 Å². The minimum Gasteiger partial charge on any atom is -0.486 e. The summed E-state index contributed by atoms with van der Waals surface area (Å²) in [6, 6.07) is 34.7. The van der Waals surface area contributed by atoms with E-state index in [0.717, 1.165) is 28.8 Å². The minimum atomic E-state index is -4.65. The number of carboxylic acids is 1.